The van der Waals surface area contributed by atoms with Crippen molar-refractivity contribution in [2.45, 2.75) is 13.3 Å². The van der Waals surface area contributed by atoms with Crippen LogP contribution in [-0.4, -0.2) is 23.5 Å². The van der Waals surface area contributed by atoms with E-state index in [1.54, 1.807) is 24.3 Å². The normalized spacial score (nSPS) is 10.1. The van der Waals surface area contributed by atoms with Crippen LogP contribution in [-0.2, 0) is 16.0 Å². The Hall–Kier alpha value is -3.50. The molecule has 3 rings (SSSR count). The second-order valence-corrected chi connectivity index (χ2v) is 7.14. The fraction of sp³-hybridized carbons (Fsp3) is 0.143. The van der Waals surface area contributed by atoms with Crippen molar-refractivity contribution >= 4 is 28.9 Å². The molecular formula is C21H17N3O3S. The van der Waals surface area contributed by atoms with Crippen molar-refractivity contribution in [1.82, 2.24) is 4.98 Å². The Morgan fingerprint density at radius 1 is 1.14 bits per heavy atom. The van der Waals surface area contributed by atoms with Crippen molar-refractivity contribution in [3.63, 3.8) is 0 Å². The van der Waals surface area contributed by atoms with Gasteiger partial charge in [-0.25, -0.2) is 9.78 Å². The van der Waals surface area contributed by atoms with Crippen LogP contribution < -0.4 is 5.32 Å². The van der Waals surface area contributed by atoms with E-state index in [0.717, 1.165) is 16.1 Å². The summed E-state index contributed by atoms with van der Waals surface area (Å²) in [7, 11) is 0. The van der Waals surface area contributed by atoms with Gasteiger partial charge in [0.1, 0.15) is 4.88 Å². The second-order valence-electron chi connectivity index (χ2n) is 5.93. The maximum atomic E-state index is 12.5. The number of nitrogens with one attached hydrogen (secondary N) is 1. The Morgan fingerprint density at radius 3 is 2.54 bits per heavy atom. The topological polar surface area (TPSA) is 92.1 Å². The zero-order valence-electron chi connectivity index (χ0n) is 15.1. The van der Waals surface area contributed by atoms with E-state index >= 15 is 0 Å². The van der Waals surface area contributed by atoms with Gasteiger partial charge in [-0.3, -0.25) is 4.79 Å². The summed E-state index contributed by atoms with van der Waals surface area (Å²) in [5, 5.41) is 12.1. The molecule has 0 radical (unpaired) electrons. The highest BCUT2D eigenvalue weighted by atomic mass is 32.1. The number of ether oxygens (including phenoxy) is 1. The van der Waals surface area contributed by atoms with Crippen molar-refractivity contribution in [3.05, 3.63) is 70.0 Å². The Kier molecular flexibility index (Phi) is 6.14. The number of carbonyl (C=O) groups excluding carboxylic acids is 2. The third-order valence-electron chi connectivity index (χ3n) is 3.82. The van der Waals surface area contributed by atoms with E-state index in [9.17, 15) is 9.59 Å². The minimum absolute atomic E-state index is 0.309. The first-order valence-corrected chi connectivity index (χ1v) is 9.34. The summed E-state index contributed by atoms with van der Waals surface area (Å²) in [6, 6.07) is 18.3. The average Bonchev–Trinajstić information content (AvgIpc) is 3.10. The van der Waals surface area contributed by atoms with Crippen LogP contribution in [0, 0.1) is 18.3 Å². The number of amides is 1. The molecule has 0 aliphatic carbocycles. The minimum Gasteiger partial charge on any atom is -0.451 e. The van der Waals surface area contributed by atoms with Crippen molar-refractivity contribution in [2.75, 3.05) is 11.9 Å². The van der Waals surface area contributed by atoms with Crippen LogP contribution >= 0.6 is 11.3 Å². The molecular weight excluding hydrogens is 374 g/mol. The molecule has 0 atom stereocenters. The van der Waals surface area contributed by atoms with Crippen LogP contribution in [0.3, 0.4) is 0 Å². The van der Waals surface area contributed by atoms with E-state index in [1.165, 1.54) is 11.3 Å². The fourth-order valence-electron chi connectivity index (χ4n) is 2.55. The molecule has 0 aliphatic rings. The standard InChI is InChI=1S/C21H17N3O3S/c1-14-23-19(16-5-3-2-4-6-16)20(28-14)21(26)27-13-18(25)24-17-9-7-15(8-10-17)11-12-22/h2-10H,11,13H2,1H3,(H,24,25). The molecule has 0 saturated heterocycles. The number of hydrogen-bond donors (Lipinski definition) is 1. The predicted octanol–water partition coefficient (Wildman–Crippen LogP) is 3.98. The summed E-state index contributed by atoms with van der Waals surface area (Å²) >= 11 is 1.24. The van der Waals surface area contributed by atoms with E-state index in [1.807, 2.05) is 37.3 Å². The van der Waals surface area contributed by atoms with E-state index in [0.29, 0.717) is 22.7 Å². The first-order chi connectivity index (χ1) is 13.6. The Morgan fingerprint density at radius 2 is 1.86 bits per heavy atom. The number of thiazole rings is 1. The number of rotatable bonds is 6. The Labute approximate surface area is 166 Å². The van der Waals surface area contributed by atoms with Gasteiger partial charge in [-0.15, -0.1) is 11.3 Å². The molecule has 0 bridgehead atoms. The summed E-state index contributed by atoms with van der Waals surface area (Å²) in [6.07, 6.45) is 0.309. The third-order valence-corrected chi connectivity index (χ3v) is 4.77. The summed E-state index contributed by atoms with van der Waals surface area (Å²) in [5.74, 6) is -1.02. The number of hydrogen-bond acceptors (Lipinski definition) is 6. The molecule has 3 aromatic rings. The lowest BCUT2D eigenvalue weighted by atomic mass is 10.1. The van der Waals surface area contributed by atoms with Crippen LogP contribution in [0.25, 0.3) is 11.3 Å². The highest BCUT2D eigenvalue weighted by molar-refractivity contribution is 7.14. The molecule has 1 amide bonds. The molecule has 0 saturated carbocycles. The van der Waals surface area contributed by atoms with Gasteiger partial charge in [0.25, 0.3) is 5.91 Å². The zero-order valence-corrected chi connectivity index (χ0v) is 16.0. The maximum absolute atomic E-state index is 12.5. The molecule has 6 nitrogen and oxygen atoms in total. The average molecular weight is 391 g/mol. The molecule has 2 aromatic carbocycles. The molecule has 1 N–H and O–H groups in total. The van der Waals surface area contributed by atoms with Gasteiger partial charge >= 0.3 is 5.97 Å². The maximum Gasteiger partial charge on any atom is 0.351 e. The number of nitriles is 1. The number of benzene rings is 2. The van der Waals surface area contributed by atoms with E-state index in [2.05, 4.69) is 16.4 Å². The smallest absolute Gasteiger partial charge is 0.351 e. The van der Waals surface area contributed by atoms with Gasteiger partial charge in [-0.2, -0.15) is 5.26 Å². The van der Waals surface area contributed by atoms with Gasteiger partial charge < -0.3 is 10.1 Å². The second kappa shape index (κ2) is 8.93. The Balaban J connectivity index is 1.61. The molecule has 7 heteroatoms. The summed E-state index contributed by atoms with van der Waals surface area (Å²) in [4.78, 5) is 29.3. The van der Waals surface area contributed by atoms with Gasteiger partial charge in [0.15, 0.2) is 6.61 Å². The first kappa shape index (κ1) is 19.3. The molecule has 0 spiro atoms. The highest BCUT2D eigenvalue weighted by Gasteiger charge is 2.20. The van der Waals surface area contributed by atoms with Gasteiger partial charge in [0.05, 0.1) is 23.2 Å². The molecule has 0 aliphatic heterocycles. The lowest BCUT2D eigenvalue weighted by Gasteiger charge is -2.07. The van der Waals surface area contributed by atoms with Crippen molar-refractivity contribution in [1.29, 1.82) is 5.26 Å². The number of nitrogens with zero attached hydrogens (tertiary/aromatic N) is 2. The third kappa shape index (κ3) is 4.81. The fourth-order valence-corrected chi connectivity index (χ4v) is 3.38. The van der Waals surface area contributed by atoms with Gasteiger partial charge in [-0.05, 0) is 24.6 Å². The van der Waals surface area contributed by atoms with Crippen molar-refractivity contribution in [2.24, 2.45) is 0 Å². The molecule has 1 aromatic heterocycles. The Bertz CT molecular complexity index is 1020. The quantitative estimate of drug-likeness (QED) is 0.642. The van der Waals surface area contributed by atoms with Crippen LogP contribution in [0.5, 0.6) is 0 Å². The number of aryl methyl sites for hydroxylation is 1. The van der Waals surface area contributed by atoms with Gasteiger partial charge in [0, 0.05) is 11.3 Å². The van der Waals surface area contributed by atoms with Crippen LogP contribution in [0.4, 0.5) is 5.69 Å². The van der Waals surface area contributed by atoms with Crippen molar-refractivity contribution < 1.29 is 14.3 Å². The van der Waals surface area contributed by atoms with Gasteiger partial charge in [-0.1, -0.05) is 42.5 Å². The zero-order chi connectivity index (χ0) is 19.9. The lowest BCUT2D eigenvalue weighted by Crippen LogP contribution is -2.20. The predicted molar refractivity (Wildman–Crippen MR) is 107 cm³/mol. The first-order valence-electron chi connectivity index (χ1n) is 8.52. The number of carbonyl (C=O) groups is 2. The molecule has 28 heavy (non-hydrogen) atoms. The van der Waals surface area contributed by atoms with Crippen LogP contribution in [0.2, 0.25) is 0 Å². The van der Waals surface area contributed by atoms with Gasteiger partial charge in [0.2, 0.25) is 0 Å². The highest BCUT2D eigenvalue weighted by Crippen LogP contribution is 2.28. The van der Waals surface area contributed by atoms with E-state index in [-0.39, 0.29) is 0 Å². The van der Waals surface area contributed by atoms with Crippen molar-refractivity contribution in [3.8, 4) is 17.3 Å². The number of aromatic nitrogens is 1. The molecule has 140 valence electrons. The monoisotopic (exact) mass is 391 g/mol. The largest absolute Gasteiger partial charge is 0.451 e. The molecule has 0 fully saturated rings. The van der Waals surface area contributed by atoms with E-state index in [4.69, 9.17) is 10.00 Å². The number of anilines is 1. The lowest BCUT2D eigenvalue weighted by molar-refractivity contribution is -0.119. The number of esters is 1. The SMILES string of the molecule is Cc1nc(-c2ccccc2)c(C(=O)OCC(=O)Nc2ccc(CC#N)cc2)s1. The summed E-state index contributed by atoms with van der Waals surface area (Å²) < 4.78 is 5.18. The van der Waals surface area contributed by atoms with Crippen LogP contribution in [0.15, 0.2) is 54.6 Å². The molecule has 0 unspecified atom stereocenters. The minimum atomic E-state index is -0.580. The van der Waals surface area contributed by atoms with Crippen LogP contribution in [0.1, 0.15) is 20.2 Å². The summed E-state index contributed by atoms with van der Waals surface area (Å²) in [6.45, 7) is 1.42. The summed E-state index contributed by atoms with van der Waals surface area (Å²) in [5.41, 5.74) is 2.81. The van der Waals surface area contributed by atoms with E-state index < -0.39 is 18.5 Å². The molecule has 1 heterocycles.